The van der Waals surface area contributed by atoms with E-state index in [1.54, 1.807) is 13.8 Å². The molecule has 0 spiro atoms. The van der Waals surface area contributed by atoms with Gasteiger partial charge in [0.25, 0.3) is 0 Å². The van der Waals surface area contributed by atoms with Crippen molar-refractivity contribution in [1.29, 1.82) is 0 Å². The summed E-state index contributed by atoms with van der Waals surface area (Å²) in [5, 5.41) is 2.47. The molecule has 0 bridgehead atoms. The minimum atomic E-state index is -0.736. The summed E-state index contributed by atoms with van der Waals surface area (Å²) in [6, 6.07) is -0.736. The monoisotopic (exact) mass is 245 g/mol. The maximum atomic E-state index is 11.7. The Morgan fingerprint density at radius 3 is 1.76 bits per heavy atom. The number of rotatable bonds is 5. The molecule has 17 heavy (non-hydrogen) atoms. The molecule has 0 aliphatic carbocycles. The van der Waals surface area contributed by atoms with Gasteiger partial charge in [0.2, 0.25) is 5.91 Å². The van der Waals surface area contributed by atoms with Crippen LogP contribution in [0.4, 0.5) is 0 Å². The Hall–Kier alpha value is -1.59. The molecule has 3 atom stereocenters. The summed E-state index contributed by atoms with van der Waals surface area (Å²) in [6.07, 6.45) is 0. The molecule has 0 rings (SSSR count). The highest BCUT2D eigenvalue weighted by Crippen LogP contribution is 2.12. The van der Waals surface area contributed by atoms with Crippen LogP contribution in [0.1, 0.15) is 20.8 Å². The zero-order chi connectivity index (χ0) is 13.6. The Labute approximate surface area is 101 Å². The van der Waals surface area contributed by atoms with Crippen molar-refractivity contribution < 1.29 is 23.9 Å². The Kier molecular flexibility index (Phi) is 6.23. The third-order valence-corrected chi connectivity index (χ3v) is 2.65. The number of amides is 1. The van der Waals surface area contributed by atoms with E-state index in [0.29, 0.717) is 0 Å². The van der Waals surface area contributed by atoms with Crippen LogP contribution < -0.4 is 5.32 Å². The summed E-state index contributed by atoms with van der Waals surface area (Å²) >= 11 is 0. The van der Waals surface area contributed by atoms with Crippen LogP contribution in [0.25, 0.3) is 0 Å². The van der Waals surface area contributed by atoms with E-state index >= 15 is 0 Å². The predicted molar refractivity (Wildman–Crippen MR) is 60.0 cm³/mol. The fourth-order valence-electron chi connectivity index (χ4n) is 1.20. The number of hydrogen-bond acceptors (Lipinski definition) is 5. The number of hydrogen-bond donors (Lipinski definition) is 1. The average molecular weight is 245 g/mol. The van der Waals surface area contributed by atoms with E-state index in [1.807, 2.05) is 0 Å². The second-order valence-corrected chi connectivity index (χ2v) is 3.85. The first kappa shape index (κ1) is 15.4. The number of methoxy groups -OCH3 is 2. The van der Waals surface area contributed by atoms with Crippen molar-refractivity contribution >= 4 is 17.8 Å². The molecule has 0 radical (unpaired) electrons. The predicted octanol–water partition coefficient (Wildman–Crippen LogP) is 0.109. The molecule has 98 valence electrons. The highest BCUT2D eigenvalue weighted by molar-refractivity contribution is 5.88. The van der Waals surface area contributed by atoms with Crippen molar-refractivity contribution in [2.24, 2.45) is 11.8 Å². The van der Waals surface area contributed by atoms with E-state index in [-0.39, 0.29) is 5.91 Å². The van der Waals surface area contributed by atoms with Crippen LogP contribution in [0.15, 0.2) is 0 Å². The van der Waals surface area contributed by atoms with E-state index in [4.69, 9.17) is 0 Å². The molecule has 0 fully saturated rings. The summed E-state index contributed by atoms with van der Waals surface area (Å²) in [5.41, 5.74) is 0. The Balaban J connectivity index is 4.41. The van der Waals surface area contributed by atoms with E-state index in [9.17, 15) is 14.4 Å². The van der Waals surface area contributed by atoms with Gasteiger partial charge in [-0.2, -0.15) is 0 Å². The van der Waals surface area contributed by atoms with E-state index in [1.165, 1.54) is 21.1 Å². The molecule has 0 saturated heterocycles. The first-order valence-corrected chi connectivity index (χ1v) is 5.31. The molecule has 3 unspecified atom stereocenters. The van der Waals surface area contributed by atoms with Gasteiger partial charge in [0, 0.05) is 5.92 Å². The smallest absolute Gasteiger partial charge is 0.328 e. The van der Waals surface area contributed by atoms with Gasteiger partial charge in [-0.3, -0.25) is 9.59 Å². The third kappa shape index (κ3) is 4.42. The lowest BCUT2D eigenvalue weighted by Crippen LogP contribution is -2.44. The van der Waals surface area contributed by atoms with Crippen molar-refractivity contribution in [3.8, 4) is 0 Å². The van der Waals surface area contributed by atoms with Crippen molar-refractivity contribution in [2.75, 3.05) is 14.2 Å². The molecule has 6 heteroatoms. The zero-order valence-electron chi connectivity index (χ0n) is 10.8. The largest absolute Gasteiger partial charge is 0.469 e. The summed E-state index contributed by atoms with van der Waals surface area (Å²) in [5.74, 6) is -2.52. The Morgan fingerprint density at radius 1 is 0.882 bits per heavy atom. The minimum absolute atomic E-state index is 0.388. The van der Waals surface area contributed by atoms with E-state index in [0.717, 1.165) is 0 Å². The lowest BCUT2D eigenvalue weighted by atomic mass is 9.95. The lowest BCUT2D eigenvalue weighted by molar-refractivity contribution is -0.150. The van der Waals surface area contributed by atoms with Gasteiger partial charge in [-0.15, -0.1) is 0 Å². The molecule has 0 heterocycles. The van der Waals surface area contributed by atoms with Crippen LogP contribution in [0, 0.1) is 11.8 Å². The maximum absolute atomic E-state index is 11.7. The normalized spacial score (nSPS) is 15.4. The summed E-state index contributed by atoms with van der Waals surface area (Å²) < 4.78 is 9.02. The summed E-state index contributed by atoms with van der Waals surface area (Å²) in [7, 11) is 2.51. The van der Waals surface area contributed by atoms with Crippen LogP contribution >= 0.6 is 0 Å². The topological polar surface area (TPSA) is 81.7 Å². The molecular weight excluding hydrogens is 226 g/mol. The SMILES string of the molecule is COC(=O)C(C)NC(=O)C(C)C(C)C(=O)OC. The van der Waals surface area contributed by atoms with Crippen molar-refractivity contribution in [3.05, 3.63) is 0 Å². The Bertz CT molecular complexity index is 302. The van der Waals surface area contributed by atoms with Crippen LogP contribution in [-0.4, -0.2) is 38.1 Å². The molecule has 0 aliphatic heterocycles. The second kappa shape index (κ2) is 6.88. The van der Waals surface area contributed by atoms with Crippen molar-refractivity contribution in [3.63, 3.8) is 0 Å². The maximum Gasteiger partial charge on any atom is 0.328 e. The second-order valence-electron chi connectivity index (χ2n) is 3.85. The van der Waals surface area contributed by atoms with Crippen LogP contribution in [-0.2, 0) is 23.9 Å². The van der Waals surface area contributed by atoms with Crippen molar-refractivity contribution in [2.45, 2.75) is 26.8 Å². The fraction of sp³-hybridized carbons (Fsp3) is 0.727. The minimum Gasteiger partial charge on any atom is -0.469 e. The molecule has 0 saturated carbocycles. The van der Waals surface area contributed by atoms with Gasteiger partial charge in [0.05, 0.1) is 20.1 Å². The molecule has 0 aromatic heterocycles. The van der Waals surface area contributed by atoms with Crippen LogP contribution in [0.5, 0.6) is 0 Å². The zero-order valence-corrected chi connectivity index (χ0v) is 10.8. The van der Waals surface area contributed by atoms with Gasteiger partial charge in [-0.05, 0) is 6.92 Å². The van der Waals surface area contributed by atoms with Gasteiger partial charge < -0.3 is 14.8 Å². The molecule has 1 N–H and O–H groups in total. The highest BCUT2D eigenvalue weighted by Gasteiger charge is 2.28. The fourth-order valence-corrected chi connectivity index (χ4v) is 1.20. The first-order valence-electron chi connectivity index (χ1n) is 5.31. The first-order chi connectivity index (χ1) is 7.84. The quantitative estimate of drug-likeness (QED) is 0.695. The number of carbonyl (C=O) groups excluding carboxylic acids is 3. The Morgan fingerprint density at radius 2 is 1.35 bits per heavy atom. The van der Waals surface area contributed by atoms with Crippen LogP contribution in [0.2, 0.25) is 0 Å². The third-order valence-electron chi connectivity index (χ3n) is 2.65. The van der Waals surface area contributed by atoms with Gasteiger partial charge in [0.15, 0.2) is 0 Å². The van der Waals surface area contributed by atoms with Gasteiger partial charge in [-0.1, -0.05) is 13.8 Å². The van der Waals surface area contributed by atoms with E-state index < -0.39 is 29.8 Å². The molecule has 0 aromatic rings. The molecule has 0 aliphatic rings. The molecule has 1 amide bonds. The lowest BCUT2D eigenvalue weighted by Gasteiger charge is -2.19. The summed E-state index contributed by atoms with van der Waals surface area (Å²) in [6.45, 7) is 4.71. The average Bonchev–Trinajstić information content (AvgIpc) is 2.34. The number of nitrogens with one attached hydrogen (secondary N) is 1. The number of ether oxygens (including phenoxy) is 2. The molecular formula is C11H19NO5. The van der Waals surface area contributed by atoms with Crippen LogP contribution in [0.3, 0.4) is 0 Å². The van der Waals surface area contributed by atoms with Gasteiger partial charge in [-0.25, -0.2) is 4.79 Å². The molecule has 0 aromatic carbocycles. The number of carbonyl (C=O) groups is 3. The standard InChI is InChI=1S/C11H19NO5/c1-6(7(2)10(14)16-4)9(13)12-8(3)11(15)17-5/h6-8H,1-5H3,(H,12,13). The number of esters is 2. The molecule has 6 nitrogen and oxygen atoms in total. The summed E-state index contributed by atoms with van der Waals surface area (Å²) in [4.78, 5) is 34.0. The highest BCUT2D eigenvalue weighted by atomic mass is 16.5. The van der Waals surface area contributed by atoms with Gasteiger partial charge >= 0.3 is 11.9 Å². The van der Waals surface area contributed by atoms with E-state index in [2.05, 4.69) is 14.8 Å². The van der Waals surface area contributed by atoms with Crippen molar-refractivity contribution in [1.82, 2.24) is 5.32 Å². The van der Waals surface area contributed by atoms with Gasteiger partial charge in [0.1, 0.15) is 6.04 Å².